The summed E-state index contributed by atoms with van der Waals surface area (Å²) in [4.78, 5) is 12.5. The van der Waals surface area contributed by atoms with Crippen LogP contribution >= 0.6 is 0 Å². The van der Waals surface area contributed by atoms with Crippen molar-refractivity contribution in [2.45, 2.75) is 36.8 Å². The van der Waals surface area contributed by atoms with Crippen LogP contribution in [0.2, 0.25) is 0 Å². The van der Waals surface area contributed by atoms with Gasteiger partial charge >= 0.3 is 6.18 Å². The van der Waals surface area contributed by atoms with E-state index in [0.29, 0.717) is 25.9 Å². The average molecular weight is 481 g/mol. The van der Waals surface area contributed by atoms with Gasteiger partial charge in [-0.15, -0.1) is 0 Å². The maximum Gasteiger partial charge on any atom is 0.436 e. The number of pyridine rings is 1. The van der Waals surface area contributed by atoms with Gasteiger partial charge in [-0.3, -0.25) is 4.79 Å². The zero-order valence-electron chi connectivity index (χ0n) is 18.1. The number of aryl methyl sites for hydroxylation is 1. The van der Waals surface area contributed by atoms with E-state index >= 15 is 0 Å². The Morgan fingerprint density at radius 1 is 1.12 bits per heavy atom. The van der Waals surface area contributed by atoms with Crippen molar-refractivity contribution in [2.24, 2.45) is 0 Å². The Morgan fingerprint density at radius 3 is 2.33 bits per heavy atom. The van der Waals surface area contributed by atoms with Crippen LogP contribution in [-0.2, 0) is 16.2 Å². The Hall–Kier alpha value is -2.92. The number of hydrogen-bond acceptors (Lipinski definition) is 4. The summed E-state index contributed by atoms with van der Waals surface area (Å²) in [6.45, 7) is 2.47. The van der Waals surface area contributed by atoms with E-state index in [-0.39, 0.29) is 16.3 Å². The summed E-state index contributed by atoms with van der Waals surface area (Å²) in [5.41, 5.74) is 0.0134. The lowest BCUT2D eigenvalue weighted by atomic mass is 9.90. The summed E-state index contributed by atoms with van der Waals surface area (Å²) in [5.74, 6) is -0.922. The lowest BCUT2D eigenvalue weighted by Crippen LogP contribution is -2.37. The van der Waals surface area contributed by atoms with Crippen LogP contribution < -0.4 is 5.32 Å². The smallest absolute Gasteiger partial charge is 0.355 e. The molecule has 0 unspecified atom stereocenters. The predicted octanol–water partition coefficient (Wildman–Crippen LogP) is 3.59. The molecule has 1 aromatic carbocycles. The number of aromatic nitrogens is 2. The summed E-state index contributed by atoms with van der Waals surface area (Å²) in [7, 11) is -2.35. The van der Waals surface area contributed by atoms with Gasteiger partial charge < -0.3 is 5.32 Å². The zero-order chi connectivity index (χ0) is 24.0. The first-order valence-corrected chi connectivity index (χ1v) is 11.8. The molecule has 1 aliphatic heterocycles. The van der Waals surface area contributed by atoms with E-state index in [1.165, 1.54) is 17.5 Å². The molecule has 1 fully saturated rings. The number of benzene rings is 1. The van der Waals surface area contributed by atoms with Crippen LogP contribution in [0.4, 0.5) is 13.2 Å². The van der Waals surface area contributed by atoms with Crippen molar-refractivity contribution in [2.75, 3.05) is 20.1 Å². The number of piperidine rings is 1. The van der Waals surface area contributed by atoms with Gasteiger partial charge in [-0.25, -0.2) is 12.9 Å². The molecule has 1 aliphatic rings. The quantitative estimate of drug-likeness (QED) is 0.619. The van der Waals surface area contributed by atoms with Crippen LogP contribution in [0.5, 0.6) is 0 Å². The van der Waals surface area contributed by atoms with Crippen molar-refractivity contribution >= 4 is 21.4 Å². The van der Waals surface area contributed by atoms with Gasteiger partial charge in [-0.2, -0.15) is 22.6 Å². The number of rotatable bonds is 4. The number of sulfonamides is 1. The highest BCUT2D eigenvalue weighted by Gasteiger charge is 2.40. The molecule has 1 saturated heterocycles. The van der Waals surface area contributed by atoms with Crippen molar-refractivity contribution in [3.05, 3.63) is 65.0 Å². The second kappa shape index (κ2) is 8.45. The first-order chi connectivity index (χ1) is 15.5. The molecule has 1 amide bonds. The number of carbonyl (C=O) groups excluding carboxylic acids is 1. The molecule has 3 aromatic rings. The Balaban J connectivity index is 1.60. The van der Waals surface area contributed by atoms with Gasteiger partial charge in [0.1, 0.15) is 0 Å². The number of nitrogens with zero attached hydrogens (tertiary/aromatic N) is 3. The van der Waals surface area contributed by atoms with Gasteiger partial charge in [0.25, 0.3) is 5.91 Å². The predicted molar refractivity (Wildman–Crippen MR) is 115 cm³/mol. The van der Waals surface area contributed by atoms with Crippen molar-refractivity contribution in [1.82, 2.24) is 19.2 Å². The lowest BCUT2D eigenvalue weighted by Gasteiger charge is -2.31. The third kappa shape index (κ3) is 4.34. The third-order valence-corrected chi connectivity index (χ3v) is 7.88. The van der Waals surface area contributed by atoms with Crippen molar-refractivity contribution in [3.63, 3.8) is 0 Å². The fraction of sp³-hybridized carbons (Fsp3) is 0.364. The minimum atomic E-state index is -4.77. The van der Waals surface area contributed by atoms with Crippen LogP contribution in [0.1, 0.15) is 45.9 Å². The van der Waals surface area contributed by atoms with Gasteiger partial charge in [0, 0.05) is 26.3 Å². The van der Waals surface area contributed by atoms with E-state index in [1.54, 1.807) is 36.4 Å². The van der Waals surface area contributed by atoms with Gasteiger partial charge in [0.2, 0.25) is 10.0 Å². The Labute approximate surface area is 189 Å². The summed E-state index contributed by atoms with van der Waals surface area (Å²) < 4.78 is 68.7. The van der Waals surface area contributed by atoms with Gasteiger partial charge in [-0.1, -0.05) is 17.7 Å². The molecular formula is C22H23F3N4O3S. The van der Waals surface area contributed by atoms with E-state index in [1.807, 2.05) is 6.92 Å². The molecule has 3 heterocycles. The molecule has 1 N–H and O–H groups in total. The summed E-state index contributed by atoms with van der Waals surface area (Å²) >= 11 is 0. The molecule has 7 nitrogen and oxygen atoms in total. The highest BCUT2D eigenvalue weighted by Crippen LogP contribution is 2.35. The minimum Gasteiger partial charge on any atom is -0.355 e. The largest absolute Gasteiger partial charge is 0.436 e. The topological polar surface area (TPSA) is 83.8 Å². The van der Waals surface area contributed by atoms with Crippen LogP contribution in [0.25, 0.3) is 5.52 Å². The average Bonchev–Trinajstić information content (AvgIpc) is 3.18. The van der Waals surface area contributed by atoms with Gasteiger partial charge in [0.05, 0.1) is 16.0 Å². The first kappa shape index (κ1) is 23.2. The molecule has 4 rings (SSSR count). The molecule has 0 spiro atoms. The molecule has 11 heteroatoms. The van der Waals surface area contributed by atoms with Crippen LogP contribution in [0.3, 0.4) is 0 Å². The fourth-order valence-corrected chi connectivity index (χ4v) is 5.62. The number of carbonyl (C=O) groups is 1. The van der Waals surface area contributed by atoms with Gasteiger partial charge in [-0.05, 0) is 55.5 Å². The molecule has 0 aliphatic carbocycles. The molecule has 176 valence electrons. The molecule has 0 bridgehead atoms. The lowest BCUT2D eigenvalue weighted by molar-refractivity contribution is -0.141. The second-order valence-electron chi connectivity index (χ2n) is 8.08. The molecule has 33 heavy (non-hydrogen) atoms. The Kier molecular flexibility index (Phi) is 5.95. The van der Waals surface area contributed by atoms with E-state index < -0.39 is 33.4 Å². The maximum atomic E-state index is 13.4. The highest BCUT2D eigenvalue weighted by molar-refractivity contribution is 7.89. The molecular weight excluding hydrogens is 457 g/mol. The molecule has 2 aromatic heterocycles. The third-order valence-electron chi connectivity index (χ3n) is 5.97. The number of fused-ring (bicyclic) bond motifs is 1. The number of nitrogens with one attached hydrogen (secondary N) is 1. The standard InChI is InChI=1S/C22H23F3N4O3S/c1-14-3-5-17(6-4-14)33(31,32)28-10-7-15(8-11-28)16-9-12-29-18(13-16)19(21(30)26-2)20(27-29)22(23,24)25/h3-6,9,12-13,15H,7-8,10-11H2,1-2H3,(H,26,30). The van der Waals surface area contributed by atoms with E-state index in [2.05, 4.69) is 10.4 Å². The maximum absolute atomic E-state index is 13.4. The molecule has 0 radical (unpaired) electrons. The minimum absolute atomic E-state index is 0.0544. The summed E-state index contributed by atoms with van der Waals surface area (Å²) in [6, 6.07) is 9.88. The Bertz CT molecular complexity index is 1290. The number of alkyl halides is 3. The van der Waals surface area contributed by atoms with E-state index in [0.717, 1.165) is 15.6 Å². The Morgan fingerprint density at radius 2 is 1.76 bits per heavy atom. The first-order valence-electron chi connectivity index (χ1n) is 10.4. The molecule has 0 saturated carbocycles. The number of halogens is 3. The number of amides is 1. The monoisotopic (exact) mass is 480 g/mol. The van der Waals surface area contributed by atoms with Crippen LogP contribution in [0, 0.1) is 6.92 Å². The fourth-order valence-electron chi connectivity index (χ4n) is 4.15. The number of hydrogen-bond donors (Lipinski definition) is 1. The van der Waals surface area contributed by atoms with Crippen molar-refractivity contribution in [1.29, 1.82) is 0 Å². The van der Waals surface area contributed by atoms with Crippen molar-refractivity contribution in [3.8, 4) is 0 Å². The summed E-state index contributed by atoms with van der Waals surface area (Å²) in [6.07, 6.45) is -2.35. The van der Waals surface area contributed by atoms with E-state index in [9.17, 15) is 26.4 Å². The SMILES string of the molecule is CNC(=O)c1c(C(F)(F)F)nn2ccc(C3CCN(S(=O)(=O)c4ccc(C)cc4)CC3)cc12. The molecule has 0 atom stereocenters. The summed E-state index contributed by atoms with van der Waals surface area (Å²) in [5, 5.41) is 5.81. The van der Waals surface area contributed by atoms with Crippen LogP contribution in [-0.4, -0.2) is 48.4 Å². The van der Waals surface area contributed by atoms with Crippen LogP contribution in [0.15, 0.2) is 47.5 Å². The normalized spacial score (nSPS) is 16.3. The van der Waals surface area contributed by atoms with Crippen molar-refractivity contribution < 1.29 is 26.4 Å². The second-order valence-corrected chi connectivity index (χ2v) is 10.0. The zero-order valence-corrected chi connectivity index (χ0v) is 18.9. The highest BCUT2D eigenvalue weighted by atomic mass is 32.2. The van der Waals surface area contributed by atoms with E-state index in [4.69, 9.17) is 0 Å². The van der Waals surface area contributed by atoms with Gasteiger partial charge in [0.15, 0.2) is 5.69 Å².